The van der Waals surface area contributed by atoms with E-state index in [-0.39, 0.29) is 18.3 Å². The van der Waals surface area contributed by atoms with Gasteiger partial charge in [-0.25, -0.2) is 0 Å². The highest BCUT2D eigenvalue weighted by Crippen LogP contribution is 2.43. The third-order valence-electron chi connectivity index (χ3n) is 7.88. The van der Waals surface area contributed by atoms with Crippen molar-refractivity contribution in [2.24, 2.45) is 0 Å². The Bertz CT molecular complexity index is 1150. The normalized spacial score (nSPS) is 36.8. The molecule has 0 bridgehead atoms. The van der Waals surface area contributed by atoms with Crippen molar-refractivity contribution in [1.29, 1.82) is 0 Å². The molecule has 230 valence electrons. The molecule has 2 aromatic carbocycles. The molecule has 9 nitrogen and oxygen atoms in total. The number of thioether (sulfide) groups is 1. The zero-order valence-corrected chi connectivity index (χ0v) is 25.7. The van der Waals surface area contributed by atoms with E-state index in [2.05, 4.69) is 18.4 Å². The van der Waals surface area contributed by atoms with Crippen molar-refractivity contribution in [2.45, 2.75) is 108 Å². The van der Waals surface area contributed by atoms with Gasteiger partial charge in [0.05, 0.1) is 25.9 Å². The van der Waals surface area contributed by atoms with Crippen LogP contribution in [0.5, 0.6) is 0 Å². The Morgan fingerprint density at radius 1 is 0.738 bits per heavy atom. The summed E-state index contributed by atoms with van der Waals surface area (Å²) >= 11 is 1.70. The highest BCUT2D eigenvalue weighted by molar-refractivity contribution is 7.98. The molecule has 0 amide bonds. The van der Waals surface area contributed by atoms with Crippen LogP contribution in [0.25, 0.3) is 0 Å². The maximum absolute atomic E-state index is 6.83. The Morgan fingerprint density at radius 2 is 1.38 bits per heavy atom. The van der Waals surface area contributed by atoms with Crippen molar-refractivity contribution in [1.82, 2.24) is 0 Å². The summed E-state index contributed by atoms with van der Waals surface area (Å²) in [6, 6.07) is 20.2. The minimum Gasteiger partial charge on any atom is -0.368 e. The van der Waals surface area contributed by atoms with E-state index in [9.17, 15) is 0 Å². The van der Waals surface area contributed by atoms with Crippen molar-refractivity contribution >= 4 is 11.8 Å². The van der Waals surface area contributed by atoms with Gasteiger partial charge in [0.25, 0.3) is 0 Å². The zero-order valence-electron chi connectivity index (χ0n) is 24.9. The highest BCUT2D eigenvalue weighted by atomic mass is 32.2. The number of hydrogen-bond acceptors (Lipinski definition) is 10. The Hall–Kier alpha value is -1.57. The molecule has 6 rings (SSSR count). The molecular weight excluding hydrogens is 560 g/mol. The Balaban J connectivity index is 1.25. The summed E-state index contributed by atoms with van der Waals surface area (Å²) in [6.45, 7) is 8.73. The molecule has 0 unspecified atom stereocenters. The van der Waals surface area contributed by atoms with Gasteiger partial charge in [-0.15, -0.1) is 0 Å². The molecular formula is C32H42O9S. The van der Waals surface area contributed by atoms with E-state index in [4.69, 9.17) is 42.6 Å². The molecule has 42 heavy (non-hydrogen) atoms. The van der Waals surface area contributed by atoms with E-state index in [1.807, 2.05) is 76.2 Å². The number of ether oxygens (including phenoxy) is 9. The van der Waals surface area contributed by atoms with E-state index >= 15 is 0 Å². The fourth-order valence-corrected chi connectivity index (χ4v) is 6.60. The van der Waals surface area contributed by atoms with E-state index < -0.39 is 48.6 Å². The molecule has 0 radical (unpaired) electrons. The second kappa shape index (κ2) is 12.8. The third kappa shape index (κ3) is 6.89. The summed E-state index contributed by atoms with van der Waals surface area (Å²) in [7, 11) is 0. The first kappa shape index (κ1) is 30.5. The van der Waals surface area contributed by atoms with Crippen molar-refractivity contribution in [3.8, 4) is 0 Å². The molecule has 4 heterocycles. The summed E-state index contributed by atoms with van der Waals surface area (Å²) in [6.07, 6.45) is -2.24. The summed E-state index contributed by atoms with van der Waals surface area (Å²) in [5, 5.41) is 0. The summed E-state index contributed by atoms with van der Waals surface area (Å²) in [5.41, 5.74) is 2.14. The molecule has 9 atom stereocenters. The van der Waals surface area contributed by atoms with Gasteiger partial charge in [0.15, 0.2) is 24.2 Å². The minimum atomic E-state index is -0.809. The van der Waals surface area contributed by atoms with Gasteiger partial charge in [-0.05, 0) is 45.1 Å². The monoisotopic (exact) mass is 602 g/mol. The predicted octanol–water partition coefficient (Wildman–Crippen LogP) is 4.66. The Kier molecular flexibility index (Phi) is 9.29. The lowest BCUT2D eigenvalue weighted by Gasteiger charge is -2.32. The summed E-state index contributed by atoms with van der Waals surface area (Å²) < 4.78 is 57.4. The maximum Gasteiger partial charge on any atom is 0.190 e. The van der Waals surface area contributed by atoms with Crippen LogP contribution in [-0.2, 0) is 55.8 Å². The molecule has 4 aliphatic heterocycles. The number of rotatable bonds is 11. The second-order valence-corrected chi connectivity index (χ2v) is 13.0. The maximum atomic E-state index is 6.83. The lowest BCUT2D eigenvalue weighted by atomic mass is 10.1. The van der Waals surface area contributed by atoms with Crippen LogP contribution in [-0.4, -0.2) is 85.5 Å². The summed E-state index contributed by atoms with van der Waals surface area (Å²) in [4.78, 5) is 0. The first-order chi connectivity index (χ1) is 20.2. The van der Waals surface area contributed by atoms with Gasteiger partial charge in [-0.1, -0.05) is 60.7 Å². The fraction of sp³-hybridized carbons (Fsp3) is 0.625. The average molecular weight is 603 g/mol. The van der Waals surface area contributed by atoms with Crippen molar-refractivity contribution < 1.29 is 42.6 Å². The fourth-order valence-electron chi connectivity index (χ4n) is 6.00. The van der Waals surface area contributed by atoms with Crippen LogP contribution in [0.15, 0.2) is 60.7 Å². The first-order valence-corrected chi connectivity index (χ1v) is 16.0. The molecule has 4 aliphatic rings. The van der Waals surface area contributed by atoms with E-state index in [0.717, 1.165) is 16.9 Å². The van der Waals surface area contributed by atoms with Gasteiger partial charge in [0.1, 0.15) is 36.6 Å². The van der Waals surface area contributed by atoms with Crippen LogP contribution in [0.2, 0.25) is 0 Å². The van der Waals surface area contributed by atoms with Gasteiger partial charge in [-0.3, -0.25) is 0 Å². The molecule has 4 saturated heterocycles. The molecule has 0 aromatic heterocycles. The van der Waals surface area contributed by atoms with Crippen molar-refractivity contribution in [2.75, 3.05) is 18.6 Å². The van der Waals surface area contributed by atoms with Gasteiger partial charge in [0.2, 0.25) is 0 Å². The molecule has 2 aromatic rings. The highest BCUT2D eigenvalue weighted by Gasteiger charge is 2.61. The van der Waals surface area contributed by atoms with Gasteiger partial charge in [0, 0.05) is 5.75 Å². The SMILES string of the molecule is CSC[C@H]1O[C@H](O[C@@H]2[C@H]3OC(C)(C)O[C@H]3O[C@@H]2[C@H]2COC(C)(C)O2)[C@H](OCc2ccccc2)[C@H]1OCc1ccccc1. The zero-order chi connectivity index (χ0) is 29.3. The van der Waals surface area contributed by atoms with Crippen molar-refractivity contribution in [3.63, 3.8) is 0 Å². The van der Waals surface area contributed by atoms with E-state index in [1.54, 1.807) is 11.8 Å². The van der Waals surface area contributed by atoms with Crippen molar-refractivity contribution in [3.05, 3.63) is 71.8 Å². The molecule has 0 saturated carbocycles. The van der Waals surface area contributed by atoms with Crippen LogP contribution in [0.1, 0.15) is 38.8 Å². The van der Waals surface area contributed by atoms with Crippen LogP contribution in [0, 0.1) is 0 Å². The standard InChI is InChI=1S/C32H42O9S/c1-31(2)35-18-22(39-31)25-26(28-30(37-25)41-32(3,4)40-28)38-29-27(34-17-21-14-10-7-11-15-21)24(23(36-29)19-42-5)33-16-20-12-8-6-9-13-20/h6-15,22-30H,16-19H2,1-5H3/t22-,23-,24+,25-,26+,27-,28-,29-,30-/m1/s1. The van der Waals surface area contributed by atoms with Gasteiger partial charge in [-0.2, -0.15) is 11.8 Å². The number of fused-ring (bicyclic) bond motifs is 1. The number of hydrogen-bond donors (Lipinski definition) is 0. The topological polar surface area (TPSA) is 83.1 Å². The molecule has 0 spiro atoms. The van der Waals surface area contributed by atoms with Gasteiger partial charge < -0.3 is 42.6 Å². The third-order valence-corrected chi connectivity index (χ3v) is 8.55. The molecule has 0 N–H and O–H groups in total. The summed E-state index contributed by atoms with van der Waals surface area (Å²) in [5.74, 6) is -0.805. The average Bonchev–Trinajstić information content (AvgIpc) is 3.67. The van der Waals surface area contributed by atoms with Crippen LogP contribution in [0.3, 0.4) is 0 Å². The Morgan fingerprint density at radius 3 is 1.98 bits per heavy atom. The molecule has 10 heteroatoms. The number of benzene rings is 2. The van der Waals surface area contributed by atoms with Gasteiger partial charge >= 0.3 is 0 Å². The lowest BCUT2D eigenvalue weighted by molar-refractivity contribution is -0.263. The Labute approximate surface area is 252 Å². The molecule has 0 aliphatic carbocycles. The molecule has 4 fully saturated rings. The predicted molar refractivity (Wildman–Crippen MR) is 156 cm³/mol. The van der Waals surface area contributed by atoms with Crippen LogP contribution < -0.4 is 0 Å². The first-order valence-electron chi connectivity index (χ1n) is 14.7. The quantitative estimate of drug-likeness (QED) is 0.362. The smallest absolute Gasteiger partial charge is 0.190 e. The lowest BCUT2D eigenvalue weighted by Crippen LogP contribution is -2.48. The van der Waals surface area contributed by atoms with Crippen LogP contribution in [0.4, 0.5) is 0 Å². The largest absolute Gasteiger partial charge is 0.368 e. The second-order valence-electron chi connectivity index (χ2n) is 12.1. The van der Waals surface area contributed by atoms with E-state index in [1.165, 1.54) is 0 Å². The van der Waals surface area contributed by atoms with E-state index in [0.29, 0.717) is 19.8 Å². The minimum absolute atomic E-state index is 0.242. The van der Waals surface area contributed by atoms with Crippen LogP contribution >= 0.6 is 11.8 Å².